The summed E-state index contributed by atoms with van der Waals surface area (Å²) >= 11 is 1.49. The van der Waals surface area contributed by atoms with Crippen LogP contribution in [0, 0.1) is 0 Å². The van der Waals surface area contributed by atoms with Gasteiger partial charge in [-0.3, -0.25) is 0 Å². The van der Waals surface area contributed by atoms with Gasteiger partial charge in [-0.05, 0) is 59.1 Å². The van der Waals surface area contributed by atoms with Gasteiger partial charge in [0.15, 0.2) is 5.16 Å². The van der Waals surface area contributed by atoms with Gasteiger partial charge in [0.2, 0.25) is 5.88 Å². The number of ether oxygens (including phenoxy) is 2. The number of amides is 1. The molecule has 1 atom stereocenters. The minimum atomic E-state index is -0.454. The molecular formula is C18H29N3O3S. The van der Waals surface area contributed by atoms with Crippen LogP contribution >= 0.6 is 11.8 Å². The number of thioether (sulfide) groups is 1. The van der Waals surface area contributed by atoms with E-state index in [1.54, 1.807) is 12.3 Å². The summed E-state index contributed by atoms with van der Waals surface area (Å²) in [6, 6.07) is 2.01. The Labute approximate surface area is 154 Å². The first kappa shape index (κ1) is 19.8. The first-order chi connectivity index (χ1) is 11.9. The number of nitrogens with zero attached hydrogens (tertiary/aromatic N) is 3. The van der Waals surface area contributed by atoms with E-state index in [0.717, 1.165) is 38.6 Å². The van der Waals surface area contributed by atoms with Crippen molar-refractivity contribution in [1.29, 1.82) is 0 Å². The van der Waals surface area contributed by atoms with E-state index < -0.39 is 5.60 Å². The van der Waals surface area contributed by atoms with Gasteiger partial charge in [0.25, 0.3) is 0 Å². The molecule has 6 nitrogen and oxygen atoms in total. The summed E-state index contributed by atoms with van der Waals surface area (Å²) in [4.78, 5) is 22.7. The third-order valence-corrected chi connectivity index (χ3v) is 4.54. The van der Waals surface area contributed by atoms with Crippen molar-refractivity contribution in [2.45, 2.75) is 69.7 Å². The van der Waals surface area contributed by atoms with E-state index in [0.29, 0.717) is 17.6 Å². The second-order valence-electron chi connectivity index (χ2n) is 7.20. The molecule has 0 aliphatic carbocycles. The molecule has 2 heterocycles. The van der Waals surface area contributed by atoms with Crippen LogP contribution in [0.15, 0.2) is 17.4 Å². The summed E-state index contributed by atoms with van der Waals surface area (Å²) < 4.78 is 11.3. The van der Waals surface area contributed by atoms with Gasteiger partial charge >= 0.3 is 6.09 Å². The Morgan fingerprint density at radius 1 is 1.40 bits per heavy atom. The molecule has 7 heteroatoms. The molecule has 0 saturated carbocycles. The Kier molecular flexibility index (Phi) is 7.35. The van der Waals surface area contributed by atoms with Crippen LogP contribution in [0.2, 0.25) is 0 Å². The molecule has 1 amide bonds. The quantitative estimate of drug-likeness (QED) is 0.428. The molecule has 140 valence electrons. The molecule has 0 aromatic carbocycles. The third-order valence-electron chi connectivity index (χ3n) is 3.98. The minimum Gasteiger partial charge on any atom is -0.478 e. The number of piperidine rings is 1. The highest BCUT2D eigenvalue weighted by atomic mass is 32.2. The standard InChI is InChI=1S/C18H29N3O3S/c1-18(2,3)24-17(22)21-12-6-5-8-14(21)9-7-13-23-15-10-11-19-16(20-15)25-4/h10-11,14H,5-9,12-13H2,1-4H3/t14-/m1/s1. The predicted octanol–water partition coefficient (Wildman–Crippen LogP) is 4.15. The first-order valence-electron chi connectivity index (χ1n) is 8.88. The molecule has 1 aromatic heterocycles. The van der Waals surface area contributed by atoms with Crippen LogP contribution in [0.1, 0.15) is 52.9 Å². The number of hydrogen-bond acceptors (Lipinski definition) is 6. The number of rotatable bonds is 6. The Balaban J connectivity index is 1.80. The van der Waals surface area contributed by atoms with Crippen LogP contribution in [0.5, 0.6) is 5.88 Å². The summed E-state index contributed by atoms with van der Waals surface area (Å²) in [6.07, 6.45) is 8.48. The van der Waals surface area contributed by atoms with E-state index in [1.807, 2.05) is 31.9 Å². The molecule has 1 fully saturated rings. The summed E-state index contributed by atoms with van der Waals surface area (Å²) in [6.45, 7) is 7.08. The summed E-state index contributed by atoms with van der Waals surface area (Å²) in [5, 5.41) is 0.709. The summed E-state index contributed by atoms with van der Waals surface area (Å²) in [5.74, 6) is 0.604. The van der Waals surface area contributed by atoms with Crippen molar-refractivity contribution in [1.82, 2.24) is 14.9 Å². The van der Waals surface area contributed by atoms with Crippen LogP contribution < -0.4 is 4.74 Å². The predicted molar refractivity (Wildman–Crippen MR) is 99.1 cm³/mol. The molecular weight excluding hydrogens is 338 g/mol. The van der Waals surface area contributed by atoms with E-state index in [1.165, 1.54) is 11.8 Å². The fourth-order valence-electron chi connectivity index (χ4n) is 2.86. The lowest BCUT2D eigenvalue weighted by Crippen LogP contribution is -2.46. The van der Waals surface area contributed by atoms with Crippen LogP contribution in [0.4, 0.5) is 4.79 Å². The van der Waals surface area contributed by atoms with Gasteiger partial charge in [-0.25, -0.2) is 9.78 Å². The molecule has 2 rings (SSSR count). The van der Waals surface area contributed by atoms with Crippen LogP contribution in [-0.4, -0.2) is 52.0 Å². The van der Waals surface area contributed by atoms with Gasteiger partial charge in [-0.15, -0.1) is 0 Å². The van der Waals surface area contributed by atoms with Crippen LogP contribution in [-0.2, 0) is 4.74 Å². The fourth-order valence-corrected chi connectivity index (χ4v) is 3.21. The van der Waals surface area contributed by atoms with Crippen molar-refractivity contribution in [2.75, 3.05) is 19.4 Å². The fraction of sp³-hybridized carbons (Fsp3) is 0.722. The maximum atomic E-state index is 12.4. The van der Waals surface area contributed by atoms with Gasteiger partial charge in [0.1, 0.15) is 5.60 Å². The Morgan fingerprint density at radius 2 is 2.20 bits per heavy atom. The topological polar surface area (TPSA) is 64.5 Å². The van der Waals surface area contributed by atoms with Crippen molar-refractivity contribution in [3.63, 3.8) is 0 Å². The average Bonchev–Trinajstić information content (AvgIpc) is 2.58. The average molecular weight is 368 g/mol. The molecule has 0 unspecified atom stereocenters. The van der Waals surface area contributed by atoms with Crippen molar-refractivity contribution in [3.05, 3.63) is 12.3 Å². The molecule has 1 aliphatic rings. The van der Waals surface area contributed by atoms with Gasteiger partial charge in [-0.1, -0.05) is 11.8 Å². The highest BCUT2D eigenvalue weighted by Crippen LogP contribution is 2.23. The molecule has 1 aromatic rings. The maximum absolute atomic E-state index is 12.4. The second-order valence-corrected chi connectivity index (χ2v) is 7.97. The van der Waals surface area contributed by atoms with Gasteiger partial charge in [0, 0.05) is 24.8 Å². The van der Waals surface area contributed by atoms with Crippen molar-refractivity contribution < 1.29 is 14.3 Å². The van der Waals surface area contributed by atoms with E-state index >= 15 is 0 Å². The van der Waals surface area contributed by atoms with Crippen molar-refractivity contribution in [3.8, 4) is 5.88 Å². The molecule has 0 spiro atoms. The van der Waals surface area contributed by atoms with Gasteiger partial charge < -0.3 is 14.4 Å². The highest BCUT2D eigenvalue weighted by Gasteiger charge is 2.30. The van der Waals surface area contributed by atoms with Crippen LogP contribution in [0.25, 0.3) is 0 Å². The molecule has 25 heavy (non-hydrogen) atoms. The zero-order chi connectivity index (χ0) is 18.3. The zero-order valence-corrected chi connectivity index (χ0v) is 16.5. The maximum Gasteiger partial charge on any atom is 0.410 e. The van der Waals surface area contributed by atoms with Gasteiger partial charge in [0.05, 0.1) is 6.61 Å². The van der Waals surface area contributed by atoms with E-state index in [9.17, 15) is 4.79 Å². The Morgan fingerprint density at radius 3 is 2.92 bits per heavy atom. The van der Waals surface area contributed by atoms with E-state index in [-0.39, 0.29) is 12.1 Å². The summed E-state index contributed by atoms with van der Waals surface area (Å²) in [5.41, 5.74) is -0.454. The zero-order valence-electron chi connectivity index (χ0n) is 15.7. The minimum absolute atomic E-state index is 0.196. The smallest absolute Gasteiger partial charge is 0.410 e. The molecule has 0 radical (unpaired) electrons. The highest BCUT2D eigenvalue weighted by molar-refractivity contribution is 7.98. The molecule has 0 N–H and O–H groups in total. The normalized spacial score (nSPS) is 18.1. The van der Waals surface area contributed by atoms with Crippen molar-refractivity contribution >= 4 is 17.9 Å². The SMILES string of the molecule is CSc1nccc(OCCC[C@H]2CCCCN2C(=O)OC(C)(C)C)n1. The monoisotopic (exact) mass is 367 g/mol. The Hall–Kier alpha value is -1.50. The first-order valence-corrected chi connectivity index (χ1v) is 10.1. The lowest BCUT2D eigenvalue weighted by molar-refractivity contribution is 0.00822. The molecule has 1 aliphatic heterocycles. The largest absolute Gasteiger partial charge is 0.478 e. The third kappa shape index (κ3) is 6.72. The molecule has 0 bridgehead atoms. The van der Waals surface area contributed by atoms with Gasteiger partial charge in [-0.2, -0.15) is 4.98 Å². The number of likely N-dealkylation sites (tertiary alicyclic amines) is 1. The van der Waals surface area contributed by atoms with Crippen LogP contribution in [0.3, 0.4) is 0 Å². The van der Waals surface area contributed by atoms with E-state index in [2.05, 4.69) is 9.97 Å². The lowest BCUT2D eigenvalue weighted by atomic mass is 9.98. The van der Waals surface area contributed by atoms with E-state index in [4.69, 9.17) is 9.47 Å². The number of hydrogen-bond donors (Lipinski definition) is 0. The van der Waals surface area contributed by atoms with Crippen molar-refractivity contribution in [2.24, 2.45) is 0 Å². The lowest BCUT2D eigenvalue weighted by Gasteiger charge is -2.36. The Bertz CT molecular complexity index is 563. The number of carbonyl (C=O) groups is 1. The molecule has 1 saturated heterocycles. The number of carbonyl (C=O) groups excluding carboxylic acids is 1. The summed E-state index contributed by atoms with van der Waals surface area (Å²) in [7, 11) is 0. The number of aromatic nitrogens is 2. The second kappa shape index (κ2) is 9.27.